The summed E-state index contributed by atoms with van der Waals surface area (Å²) in [7, 11) is 0. The first-order valence-corrected chi connectivity index (χ1v) is 17.8. The van der Waals surface area contributed by atoms with Gasteiger partial charge < -0.3 is 24.4 Å². The molecule has 1 heterocycles. The lowest BCUT2D eigenvalue weighted by Gasteiger charge is -2.29. The van der Waals surface area contributed by atoms with Gasteiger partial charge in [-0.2, -0.15) is 18.3 Å². The molecule has 0 bridgehead atoms. The quantitative estimate of drug-likeness (QED) is 0.0837. The Hall–Kier alpha value is -3.49. The van der Waals surface area contributed by atoms with Gasteiger partial charge in [0, 0.05) is 17.0 Å². The molecule has 0 saturated carbocycles. The molecule has 1 aromatic heterocycles. The molecule has 3 aromatic rings. The molecule has 0 spiro atoms. The Bertz CT molecular complexity index is 1640. The van der Waals surface area contributed by atoms with Crippen LogP contribution in [0.25, 0.3) is 0 Å². The molecule has 0 atom stereocenters. The lowest BCUT2D eigenvalue weighted by Crippen LogP contribution is -2.27. The maximum Gasteiger partial charge on any atom is 0.417 e. The van der Waals surface area contributed by atoms with Gasteiger partial charge in [0.25, 0.3) is 11.8 Å². The molecule has 1 aliphatic carbocycles. The largest absolute Gasteiger partial charge is 0.491 e. The number of fused-ring (bicyclic) bond motifs is 1. The number of hydrogen-bond acceptors (Lipinski definition) is 8. The van der Waals surface area contributed by atoms with Crippen LogP contribution in [0.5, 0.6) is 5.75 Å². The Balaban J connectivity index is 1.37. The van der Waals surface area contributed by atoms with Gasteiger partial charge in [-0.25, -0.2) is 5.43 Å². The normalized spacial score (nSPS) is 14.2. The van der Waals surface area contributed by atoms with Crippen LogP contribution in [0.4, 0.5) is 18.2 Å². The molecule has 9 nitrogen and oxygen atoms in total. The van der Waals surface area contributed by atoms with Crippen LogP contribution in [0.3, 0.4) is 0 Å². The molecule has 2 N–H and O–H groups in total. The second kappa shape index (κ2) is 18.1. The van der Waals surface area contributed by atoms with E-state index in [0.717, 1.165) is 61.3 Å². The van der Waals surface area contributed by atoms with Crippen molar-refractivity contribution in [3.63, 3.8) is 0 Å². The fourth-order valence-corrected chi connectivity index (χ4v) is 7.20. The van der Waals surface area contributed by atoms with E-state index in [1.165, 1.54) is 17.4 Å². The van der Waals surface area contributed by atoms with Crippen LogP contribution < -0.4 is 15.5 Å². The first kappa shape index (κ1) is 39.3. The molecule has 4 rings (SSSR count). The number of alkyl halides is 3. The van der Waals surface area contributed by atoms with E-state index in [4.69, 9.17) is 25.8 Å². The average molecular weight is 737 g/mol. The zero-order valence-electron chi connectivity index (χ0n) is 28.8. The number of likely N-dealkylation sites (N-methyl/N-ethyl adjacent to an activating group) is 1. The van der Waals surface area contributed by atoms with Gasteiger partial charge in [0.2, 0.25) is 0 Å². The van der Waals surface area contributed by atoms with Crippen LogP contribution in [0.15, 0.2) is 47.6 Å². The van der Waals surface area contributed by atoms with E-state index in [1.807, 2.05) is 0 Å². The number of carbonyl (C=O) groups excluding carboxylic acids is 2. The predicted molar refractivity (Wildman–Crippen MR) is 191 cm³/mol. The number of ether oxygens (including phenoxy) is 3. The van der Waals surface area contributed by atoms with Crippen LogP contribution in [-0.4, -0.2) is 75.6 Å². The van der Waals surface area contributed by atoms with Gasteiger partial charge in [-0.1, -0.05) is 51.4 Å². The summed E-state index contributed by atoms with van der Waals surface area (Å²) < 4.78 is 56.9. The highest BCUT2D eigenvalue weighted by molar-refractivity contribution is 7.17. The molecule has 14 heteroatoms. The highest BCUT2D eigenvalue weighted by Crippen LogP contribution is 2.44. The van der Waals surface area contributed by atoms with Crippen molar-refractivity contribution in [3.05, 3.63) is 80.2 Å². The number of hydrazone groups is 1. The number of rotatable bonds is 17. The van der Waals surface area contributed by atoms with E-state index < -0.39 is 28.6 Å². The number of nitrogens with one attached hydrogen (secondary N) is 2. The Morgan fingerprint density at radius 1 is 1.02 bits per heavy atom. The fourth-order valence-electron chi connectivity index (χ4n) is 5.47. The third-order valence-corrected chi connectivity index (χ3v) is 9.80. The van der Waals surface area contributed by atoms with E-state index in [0.29, 0.717) is 54.7 Å². The first-order chi connectivity index (χ1) is 23.8. The van der Waals surface area contributed by atoms with E-state index in [-0.39, 0.29) is 17.6 Å². The molecular formula is C36H44ClF3N4O5S. The van der Waals surface area contributed by atoms with Crippen molar-refractivity contribution >= 4 is 46.0 Å². The van der Waals surface area contributed by atoms with E-state index in [2.05, 4.69) is 48.4 Å². The van der Waals surface area contributed by atoms with Gasteiger partial charge in [0.15, 0.2) is 0 Å². The van der Waals surface area contributed by atoms with Gasteiger partial charge in [-0.05, 0) is 79.2 Å². The Labute approximate surface area is 300 Å². The third-order valence-electron chi connectivity index (χ3n) is 8.32. The number of benzene rings is 2. The summed E-state index contributed by atoms with van der Waals surface area (Å²) in [4.78, 5) is 30.2. The number of halogens is 4. The summed E-state index contributed by atoms with van der Waals surface area (Å²) in [5.41, 5.74) is 3.01. The maximum absolute atomic E-state index is 13.5. The van der Waals surface area contributed by atoms with E-state index in [1.54, 1.807) is 24.3 Å². The summed E-state index contributed by atoms with van der Waals surface area (Å²) >= 11 is 7.05. The standard InChI is InChI=1S/C36H44ClF3N4O5S/c1-5-44(6-2)14-15-47-16-17-48-18-19-49-26-9-7-8-25(21-26)32(45)42-34-31(27-12-13-35(3,4)22-30(27)50-34)33(46)43-41-23-24-10-11-29(37)28(20-24)36(38,39)40/h7-11,20-21,23H,5-6,12-19,22H2,1-4H3,(H,42,45)(H,43,46)/b41-23+. The second-order valence-corrected chi connectivity index (χ2v) is 14.1. The van der Waals surface area contributed by atoms with Crippen LogP contribution >= 0.6 is 22.9 Å². The van der Waals surface area contributed by atoms with Crippen LogP contribution in [-0.2, 0) is 28.5 Å². The van der Waals surface area contributed by atoms with Crippen molar-refractivity contribution in [1.82, 2.24) is 10.3 Å². The minimum absolute atomic E-state index is 0.0173. The minimum atomic E-state index is -4.64. The third kappa shape index (κ3) is 11.3. The Morgan fingerprint density at radius 2 is 1.74 bits per heavy atom. The van der Waals surface area contributed by atoms with Crippen molar-refractivity contribution < 1.29 is 37.0 Å². The van der Waals surface area contributed by atoms with Gasteiger partial charge in [0.1, 0.15) is 17.4 Å². The van der Waals surface area contributed by atoms with Crippen LogP contribution in [0.2, 0.25) is 5.02 Å². The Morgan fingerprint density at radius 3 is 2.46 bits per heavy atom. The fraction of sp³-hybridized carbons (Fsp3) is 0.472. The molecule has 1 aliphatic rings. The minimum Gasteiger partial charge on any atom is -0.491 e. The van der Waals surface area contributed by atoms with Crippen molar-refractivity contribution in [2.75, 3.05) is 58.0 Å². The van der Waals surface area contributed by atoms with Crippen molar-refractivity contribution in [2.24, 2.45) is 10.5 Å². The summed E-state index contributed by atoms with van der Waals surface area (Å²) in [6, 6.07) is 10.1. The molecule has 0 fully saturated rings. The smallest absolute Gasteiger partial charge is 0.417 e. The molecular weight excluding hydrogens is 693 g/mol. The number of hydrogen-bond donors (Lipinski definition) is 2. The summed E-state index contributed by atoms with van der Waals surface area (Å²) in [6.07, 6.45) is -1.33. The first-order valence-electron chi connectivity index (χ1n) is 16.6. The van der Waals surface area contributed by atoms with Crippen LogP contribution in [0, 0.1) is 5.41 Å². The molecule has 2 amide bonds. The van der Waals surface area contributed by atoms with Gasteiger partial charge in [0.05, 0.1) is 48.8 Å². The molecule has 2 aromatic carbocycles. The summed E-state index contributed by atoms with van der Waals surface area (Å²) in [5.74, 6) is -0.512. The molecule has 50 heavy (non-hydrogen) atoms. The molecule has 0 saturated heterocycles. The topological polar surface area (TPSA) is 101 Å². The zero-order valence-corrected chi connectivity index (χ0v) is 30.3. The molecule has 0 radical (unpaired) electrons. The van der Waals surface area contributed by atoms with Crippen molar-refractivity contribution in [3.8, 4) is 5.75 Å². The van der Waals surface area contributed by atoms with Gasteiger partial charge >= 0.3 is 6.18 Å². The number of nitrogens with zero attached hydrogens (tertiary/aromatic N) is 2. The highest BCUT2D eigenvalue weighted by atomic mass is 35.5. The van der Waals surface area contributed by atoms with Crippen molar-refractivity contribution in [2.45, 2.75) is 53.1 Å². The number of thiophene rings is 1. The highest BCUT2D eigenvalue weighted by Gasteiger charge is 2.34. The average Bonchev–Trinajstić information content (AvgIpc) is 3.41. The van der Waals surface area contributed by atoms with Crippen molar-refractivity contribution in [1.29, 1.82) is 0 Å². The van der Waals surface area contributed by atoms with Gasteiger partial charge in [-0.15, -0.1) is 11.3 Å². The van der Waals surface area contributed by atoms with Gasteiger partial charge in [-0.3, -0.25) is 9.59 Å². The number of amides is 2. The molecule has 0 aliphatic heterocycles. The predicted octanol–water partition coefficient (Wildman–Crippen LogP) is 7.71. The second-order valence-electron chi connectivity index (χ2n) is 12.6. The summed E-state index contributed by atoms with van der Waals surface area (Å²) in [5, 5.41) is 6.75. The molecule has 272 valence electrons. The zero-order chi connectivity index (χ0) is 36.3. The van der Waals surface area contributed by atoms with E-state index in [9.17, 15) is 22.8 Å². The van der Waals surface area contributed by atoms with E-state index >= 15 is 0 Å². The monoisotopic (exact) mass is 736 g/mol. The lowest BCUT2D eigenvalue weighted by molar-refractivity contribution is -0.137. The Kier molecular flexibility index (Phi) is 14.3. The number of anilines is 1. The van der Waals surface area contributed by atoms with Crippen LogP contribution in [0.1, 0.15) is 76.4 Å². The maximum atomic E-state index is 13.5. The lowest BCUT2D eigenvalue weighted by atomic mass is 9.77. The number of carbonyl (C=O) groups is 2. The SMILES string of the molecule is CCN(CC)CCOCCOCCOc1cccc(C(=O)Nc2sc3c(c2C(=O)N/N=C/c2ccc(Cl)c(C(F)(F)F)c2)CCC(C)(C)C3)c1. The summed E-state index contributed by atoms with van der Waals surface area (Å²) in [6.45, 7) is 13.7. The molecule has 0 unspecified atom stereocenters.